The summed E-state index contributed by atoms with van der Waals surface area (Å²) in [6, 6.07) is 7.50. The third kappa shape index (κ3) is 4.68. The van der Waals surface area contributed by atoms with E-state index >= 15 is 0 Å². The van der Waals surface area contributed by atoms with E-state index in [9.17, 15) is 9.59 Å². The fourth-order valence-electron chi connectivity index (χ4n) is 2.97. The Morgan fingerprint density at radius 2 is 2.00 bits per heavy atom. The van der Waals surface area contributed by atoms with Crippen LogP contribution in [0.2, 0.25) is 0 Å². The second kappa shape index (κ2) is 8.11. The van der Waals surface area contributed by atoms with E-state index in [1.165, 1.54) is 5.56 Å². The van der Waals surface area contributed by atoms with Gasteiger partial charge in [0, 0.05) is 24.4 Å². The minimum absolute atomic E-state index is 0.0257. The van der Waals surface area contributed by atoms with Crippen LogP contribution in [0, 0.1) is 5.92 Å². The zero-order valence-electron chi connectivity index (χ0n) is 14.7. The SMILES string of the molecule is CC(C)C[C@@H](C=CC(=O)N1CCc2ccccc21)N[C@@H](C)C(N)=O. The molecule has 2 rings (SSSR count). The lowest BCUT2D eigenvalue weighted by Gasteiger charge is -2.21. The molecule has 24 heavy (non-hydrogen) atoms. The summed E-state index contributed by atoms with van der Waals surface area (Å²) in [5, 5.41) is 3.18. The van der Waals surface area contributed by atoms with Gasteiger partial charge >= 0.3 is 0 Å². The smallest absolute Gasteiger partial charge is 0.250 e. The summed E-state index contributed by atoms with van der Waals surface area (Å²) in [5.74, 6) is 0.0222. The number of carbonyl (C=O) groups is 2. The molecule has 1 aliphatic heterocycles. The first kappa shape index (κ1) is 18.2. The number of amides is 2. The van der Waals surface area contributed by atoms with Gasteiger partial charge in [0.1, 0.15) is 0 Å². The molecule has 0 aliphatic carbocycles. The van der Waals surface area contributed by atoms with Crippen molar-refractivity contribution in [3.05, 3.63) is 42.0 Å². The van der Waals surface area contributed by atoms with Crippen LogP contribution in [0.4, 0.5) is 5.69 Å². The van der Waals surface area contributed by atoms with E-state index in [1.54, 1.807) is 17.9 Å². The molecule has 1 aromatic rings. The highest BCUT2D eigenvalue weighted by Crippen LogP contribution is 2.27. The van der Waals surface area contributed by atoms with Crippen LogP contribution < -0.4 is 16.0 Å². The molecule has 1 aromatic carbocycles. The molecule has 5 nitrogen and oxygen atoms in total. The Labute approximate surface area is 143 Å². The Morgan fingerprint density at radius 1 is 1.29 bits per heavy atom. The molecule has 0 fully saturated rings. The molecule has 130 valence electrons. The second-order valence-electron chi connectivity index (χ2n) is 6.75. The van der Waals surface area contributed by atoms with E-state index < -0.39 is 11.9 Å². The summed E-state index contributed by atoms with van der Waals surface area (Å²) in [6.07, 6.45) is 5.18. The second-order valence-corrected chi connectivity index (χ2v) is 6.75. The summed E-state index contributed by atoms with van der Waals surface area (Å²) in [5.41, 5.74) is 7.52. The van der Waals surface area contributed by atoms with Crippen molar-refractivity contribution in [2.75, 3.05) is 11.4 Å². The van der Waals surface area contributed by atoms with E-state index in [4.69, 9.17) is 5.73 Å². The third-order valence-corrected chi connectivity index (χ3v) is 4.24. The van der Waals surface area contributed by atoms with E-state index in [2.05, 4.69) is 25.2 Å². The normalized spacial score (nSPS) is 16.4. The minimum Gasteiger partial charge on any atom is -0.368 e. The Hall–Kier alpha value is -2.14. The van der Waals surface area contributed by atoms with Crippen LogP contribution in [0.15, 0.2) is 36.4 Å². The van der Waals surface area contributed by atoms with Crippen LogP contribution in [-0.4, -0.2) is 30.4 Å². The van der Waals surface area contributed by atoms with Gasteiger partial charge in [-0.25, -0.2) is 0 Å². The number of para-hydroxylation sites is 1. The van der Waals surface area contributed by atoms with Crippen LogP contribution in [0.1, 0.15) is 32.8 Å². The van der Waals surface area contributed by atoms with Gasteiger partial charge < -0.3 is 10.6 Å². The Balaban J connectivity index is 2.05. The van der Waals surface area contributed by atoms with Crippen molar-refractivity contribution in [3.8, 4) is 0 Å². The number of primary amides is 1. The lowest BCUT2D eigenvalue weighted by atomic mass is 10.0. The fourth-order valence-corrected chi connectivity index (χ4v) is 2.97. The van der Waals surface area contributed by atoms with Gasteiger partial charge in [-0.2, -0.15) is 0 Å². The molecular weight excluding hydrogens is 302 g/mol. The lowest BCUT2D eigenvalue weighted by molar-refractivity contribution is -0.119. The maximum atomic E-state index is 12.5. The first-order valence-electron chi connectivity index (χ1n) is 8.51. The molecule has 2 atom stereocenters. The number of carbonyl (C=O) groups excluding carboxylic acids is 2. The van der Waals surface area contributed by atoms with Gasteiger partial charge in [-0.1, -0.05) is 38.1 Å². The summed E-state index contributed by atoms with van der Waals surface area (Å²) in [7, 11) is 0. The number of nitrogens with one attached hydrogen (secondary N) is 1. The van der Waals surface area contributed by atoms with Gasteiger partial charge in [0.15, 0.2) is 0 Å². The standard InChI is InChI=1S/C19H27N3O2/c1-13(2)12-16(21-14(3)19(20)24)8-9-18(23)22-11-10-15-6-4-5-7-17(15)22/h4-9,13-14,16,21H,10-12H2,1-3H3,(H2,20,24)/t14-,16+/m0/s1. The van der Waals surface area contributed by atoms with E-state index in [-0.39, 0.29) is 11.9 Å². The van der Waals surface area contributed by atoms with Crippen LogP contribution in [0.3, 0.4) is 0 Å². The first-order chi connectivity index (χ1) is 11.4. The first-order valence-corrected chi connectivity index (χ1v) is 8.51. The largest absolute Gasteiger partial charge is 0.368 e. The zero-order chi connectivity index (χ0) is 17.7. The average molecular weight is 329 g/mol. The van der Waals surface area contributed by atoms with Gasteiger partial charge in [-0.3, -0.25) is 14.9 Å². The van der Waals surface area contributed by atoms with Gasteiger partial charge in [0.25, 0.3) is 5.91 Å². The number of nitrogens with two attached hydrogens (primary N) is 1. The van der Waals surface area contributed by atoms with Gasteiger partial charge in [-0.15, -0.1) is 0 Å². The van der Waals surface area contributed by atoms with Crippen molar-refractivity contribution in [3.63, 3.8) is 0 Å². The van der Waals surface area contributed by atoms with Gasteiger partial charge in [-0.05, 0) is 37.3 Å². The maximum absolute atomic E-state index is 12.5. The predicted octanol–water partition coefficient (Wildman–Crippen LogP) is 2.01. The molecule has 0 saturated heterocycles. The highest BCUT2D eigenvalue weighted by Gasteiger charge is 2.23. The van der Waals surface area contributed by atoms with E-state index in [1.807, 2.05) is 24.3 Å². The number of fused-ring (bicyclic) bond motifs is 1. The minimum atomic E-state index is -0.430. The molecule has 5 heteroatoms. The van der Waals surface area contributed by atoms with Crippen molar-refractivity contribution in [2.45, 2.75) is 45.7 Å². The zero-order valence-corrected chi connectivity index (χ0v) is 14.7. The number of benzene rings is 1. The predicted molar refractivity (Wildman–Crippen MR) is 96.7 cm³/mol. The maximum Gasteiger partial charge on any atom is 0.250 e. The molecule has 1 heterocycles. The fraction of sp³-hybridized carbons (Fsp3) is 0.474. The number of rotatable bonds is 7. The number of hydrogen-bond acceptors (Lipinski definition) is 3. The van der Waals surface area contributed by atoms with E-state index in [0.717, 1.165) is 18.5 Å². The van der Waals surface area contributed by atoms with Crippen LogP contribution in [0.5, 0.6) is 0 Å². The molecule has 0 saturated carbocycles. The van der Waals surface area contributed by atoms with Crippen LogP contribution in [-0.2, 0) is 16.0 Å². The molecule has 0 bridgehead atoms. The third-order valence-electron chi connectivity index (χ3n) is 4.24. The molecule has 3 N–H and O–H groups in total. The molecule has 0 unspecified atom stereocenters. The monoisotopic (exact) mass is 329 g/mol. The van der Waals surface area contributed by atoms with Gasteiger partial charge in [0.05, 0.1) is 6.04 Å². The number of hydrogen-bond donors (Lipinski definition) is 2. The molecular formula is C19H27N3O2. The van der Waals surface area contributed by atoms with Crippen molar-refractivity contribution in [2.24, 2.45) is 11.7 Å². The average Bonchev–Trinajstić information content (AvgIpc) is 2.95. The molecule has 2 amide bonds. The number of nitrogens with zero attached hydrogens (tertiary/aromatic N) is 1. The van der Waals surface area contributed by atoms with Crippen LogP contribution >= 0.6 is 0 Å². The van der Waals surface area contributed by atoms with Crippen LogP contribution in [0.25, 0.3) is 0 Å². The van der Waals surface area contributed by atoms with Crippen molar-refractivity contribution in [1.82, 2.24) is 5.32 Å². The molecule has 0 spiro atoms. The summed E-state index contributed by atoms with van der Waals surface area (Å²) in [6.45, 7) is 6.66. The Bertz CT molecular complexity index is 625. The molecule has 0 aromatic heterocycles. The van der Waals surface area contributed by atoms with Crippen molar-refractivity contribution >= 4 is 17.5 Å². The molecule has 0 radical (unpaired) electrons. The summed E-state index contributed by atoms with van der Waals surface area (Å²) < 4.78 is 0. The lowest BCUT2D eigenvalue weighted by Crippen LogP contribution is -2.44. The Morgan fingerprint density at radius 3 is 2.67 bits per heavy atom. The van der Waals surface area contributed by atoms with Crippen molar-refractivity contribution in [1.29, 1.82) is 0 Å². The molecule has 1 aliphatic rings. The highest BCUT2D eigenvalue weighted by molar-refractivity contribution is 6.02. The highest BCUT2D eigenvalue weighted by atomic mass is 16.2. The Kier molecular flexibility index (Phi) is 6.15. The summed E-state index contributed by atoms with van der Waals surface area (Å²) >= 11 is 0. The van der Waals surface area contributed by atoms with E-state index in [0.29, 0.717) is 12.5 Å². The topological polar surface area (TPSA) is 75.4 Å². The van der Waals surface area contributed by atoms with Gasteiger partial charge in [0.2, 0.25) is 5.91 Å². The number of anilines is 1. The van der Waals surface area contributed by atoms with Crippen molar-refractivity contribution < 1.29 is 9.59 Å². The summed E-state index contributed by atoms with van der Waals surface area (Å²) in [4.78, 5) is 25.6. The quantitative estimate of drug-likeness (QED) is 0.751.